The third kappa shape index (κ3) is 6.01. The number of amides is 1. The van der Waals surface area contributed by atoms with Gasteiger partial charge in [0.2, 0.25) is 0 Å². The number of nitro benzene ring substituents is 1. The SMILES string of the molecule is CCN(C(=O)COC(=O)CNc1ccc(S(C)(=O)=O)cc1[N+](=O)[O-])C1=CCCC1. The Balaban J connectivity index is 1.95. The lowest BCUT2D eigenvalue weighted by Crippen LogP contribution is -2.34. The molecule has 1 aromatic rings. The van der Waals surface area contributed by atoms with Gasteiger partial charge in [0.25, 0.3) is 11.6 Å². The van der Waals surface area contributed by atoms with Crippen LogP contribution >= 0.6 is 0 Å². The molecule has 0 bridgehead atoms. The van der Waals surface area contributed by atoms with E-state index >= 15 is 0 Å². The van der Waals surface area contributed by atoms with Gasteiger partial charge in [0.05, 0.1) is 9.82 Å². The molecule has 1 aliphatic rings. The molecule has 0 fully saturated rings. The predicted octanol–water partition coefficient (Wildman–Crippen LogP) is 1.87. The van der Waals surface area contributed by atoms with Crippen LogP contribution in [0.4, 0.5) is 11.4 Å². The summed E-state index contributed by atoms with van der Waals surface area (Å²) in [6.45, 7) is 1.46. The number of hydrogen-bond donors (Lipinski definition) is 1. The van der Waals surface area contributed by atoms with Gasteiger partial charge in [0.1, 0.15) is 12.2 Å². The van der Waals surface area contributed by atoms with E-state index in [9.17, 15) is 28.1 Å². The molecule has 0 saturated carbocycles. The number of benzene rings is 1. The van der Waals surface area contributed by atoms with Gasteiger partial charge in [-0.2, -0.15) is 0 Å². The number of sulfone groups is 1. The van der Waals surface area contributed by atoms with Crippen LogP contribution in [0.5, 0.6) is 0 Å². The minimum Gasteiger partial charge on any atom is -0.454 e. The van der Waals surface area contributed by atoms with E-state index in [0.29, 0.717) is 6.54 Å². The van der Waals surface area contributed by atoms with Crippen molar-refractivity contribution in [3.63, 3.8) is 0 Å². The molecule has 1 aromatic carbocycles. The Bertz CT molecular complexity index is 941. The summed E-state index contributed by atoms with van der Waals surface area (Å²) < 4.78 is 28.1. The Hall–Kier alpha value is -2.95. The van der Waals surface area contributed by atoms with Crippen LogP contribution in [0.25, 0.3) is 0 Å². The molecule has 11 heteroatoms. The molecule has 0 aliphatic heterocycles. The molecule has 1 aliphatic carbocycles. The zero-order chi connectivity index (χ0) is 21.6. The molecule has 0 spiro atoms. The first kappa shape index (κ1) is 22.3. The van der Waals surface area contributed by atoms with Crippen LogP contribution in [-0.2, 0) is 24.2 Å². The summed E-state index contributed by atoms with van der Waals surface area (Å²) in [6, 6.07) is 3.33. The fourth-order valence-electron chi connectivity index (χ4n) is 2.92. The van der Waals surface area contributed by atoms with E-state index in [4.69, 9.17) is 4.74 Å². The minimum absolute atomic E-state index is 0.0306. The van der Waals surface area contributed by atoms with E-state index in [2.05, 4.69) is 5.32 Å². The molecular formula is C18H23N3O7S. The molecule has 1 amide bonds. The van der Waals surface area contributed by atoms with Crippen molar-refractivity contribution in [1.82, 2.24) is 4.90 Å². The lowest BCUT2D eigenvalue weighted by atomic mass is 10.2. The number of likely N-dealkylation sites (N-methyl/N-ethyl adjacent to an activating group) is 1. The second kappa shape index (κ2) is 9.50. The van der Waals surface area contributed by atoms with Gasteiger partial charge in [-0.1, -0.05) is 6.08 Å². The van der Waals surface area contributed by atoms with E-state index < -0.39 is 39.6 Å². The second-order valence-electron chi connectivity index (χ2n) is 6.45. The Morgan fingerprint density at radius 3 is 2.62 bits per heavy atom. The zero-order valence-electron chi connectivity index (χ0n) is 16.2. The molecule has 0 atom stereocenters. The molecule has 2 rings (SSSR count). The summed E-state index contributed by atoms with van der Waals surface area (Å²) in [5.74, 6) is -1.10. The average molecular weight is 425 g/mol. The highest BCUT2D eigenvalue weighted by Gasteiger charge is 2.21. The average Bonchev–Trinajstić information content (AvgIpc) is 3.18. The van der Waals surface area contributed by atoms with Crippen molar-refractivity contribution in [3.8, 4) is 0 Å². The Labute approximate surface area is 168 Å². The number of esters is 1. The zero-order valence-corrected chi connectivity index (χ0v) is 17.0. The molecule has 0 heterocycles. The quantitative estimate of drug-likeness (QED) is 0.360. The number of allylic oxidation sites excluding steroid dienone is 2. The number of carbonyl (C=O) groups is 2. The van der Waals surface area contributed by atoms with Crippen molar-refractivity contribution in [1.29, 1.82) is 0 Å². The summed E-state index contributed by atoms with van der Waals surface area (Å²) in [7, 11) is -3.61. The second-order valence-corrected chi connectivity index (χ2v) is 8.46. The first-order valence-electron chi connectivity index (χ1n) is 9.01. The largest absolute Gasteiger partial charge is 0.454 e. The molecule has 0 saturated heterocycles. The first-order chi connectivity index (χ1) is 13.6. The van der Waals surface area contributed by atoms with Crippen LogP contribution in [0.15, 0.2) is 34.9 Å². The maximum atomic E-state index is 12.3. The highest BCUT2D eigenvalue weighted by atomic mass is 32.2. The van der Waals surface area contributed by atoms with Crippen LogP contribution in [-0.4, -0.2) is 56.1 Å². The van der Waals surface area contributed by atoms with Crippen LogP contribution in [0.2, 0.25) is 0 Å². The summed E-state index contributed by atoms with van der Waals surface area (Å²) in [6.07, 6.45) is 5.64. The Morgan fingerprint density at radius 1 is 1.34 bits per heavy atom. The van der Waals surface area contributed by atoms with Crippen LogP contribution in [0, 0.1) is 10.1 Å². The molecule has 29 heavy (non-hydrogen) atoms. The number of carbonyl (C=O) groups excluding carboxylic acids is 2. The maximum Gasteiger partial charge on any atom is 0.325 e. The van der Waals surface area contributed by atoms with Gasteiger partial charge >= 0.3 is 5.97 Å². The number of ether oxygens (including phenoxy) is 1. The third-order valence-electron chi connectivity index (χ3n) is 4.35. The minimum atomic E-state index is -3.61. The lowest BCUT2D eigenvalue weighted by Gasteiger charge is -2.22. The summed E-state index contributed by atoms with van der Waals surface area (Å²) in [4.78, 5) is 36.0. The monoisotopic (exact) mass is 425 g/mol. The molecule has 10 nitrogen and oxygen atoms in total. The van der Waals surface area contributed by atoms with Crippen molar-refractivity contribution in [2.24, 2.45) is 0 Å². The predicted molar refractivity (Wildman–Crippen MR) is 105 cm³/mol. The fraction of sp³-hybridized carbons (Fsp3) is 0.444. The number of nitrogens with zero attached hydrogens (tertiary/aromatic N) is 2. The van der Waals surface area contributed by atoms with E-state index in [1.54, 1.807) is 4.90 Å². The van der Waals surface area contributed by atoms with Crippen molar-refractivity contribution in [2.45, 2.75) is 31.1 Å². The molecule has 0 unspecified atom stereocenters. The van der Waals surface area contributed by atoms with Gasteiger partial charge in [-0.05, 0) is 38.3 Å². The fourth-order valence-corrected chi connectivity index (χ4v) is 3.56. The van der Waals surface area contributed by atoms with E-state index in [-0.39, 0.29) is 16.5 Å². The Kier molecular flexibility index (Phi) is 7.32. The number of rotatable bonds is 9. The van der Waals surface area contributed by atoms with E-state index in [0.717, 1.165) is 37.3 Å². The summed E-state index contributed by atoms with van der Waals surface area (Å²) in [5, 5.41) is 13.7. The van der Waals surface area contributed by atoms with Crippen molar-refractivity contribution >= 4 is 33.1 Å². The van der Waals surface area contributed by atoms with Gasteiger partial charge in [0.15, 0.2) is 16.4 Å². The van der Waals surface area contributed by atoms with E-state index in [1.807, 2.05) is 13.0 Å². The van der Waals surface area contributed by atoms with Crippen LogP contribution in [0.1, 0.15) is 26.2 Å². The van der Waals surface area contributed by atoms with Gasteiger partial charge < -0.3 is 15.0 Å². The first-order valence-corrected chi connectivity index (χ1v) is 10.9. The van der Waals surface area contributed by atoms with Gasteiger partial charge in [-0.15, -0.1) is 0 Å². The lowest BCUT2D eigenvalue weighted by molar-refractivity contribution is -0.384. The van der Waals surface area contributed by atoms with Crippen LogP contribution < -0.4 is 5.32 Å². The number of anilines is 1. The molecule has 1 N–H and O–H groups in total. The summed E-state index contributed by atoms with van der Waals surface area (Å²) >= 11 is 0. The van der Waals surface area contributed by atoms with Crippen molar-refractivity contribution in [2.75, 3.05) is 31.3 Å². The molecular weight excluding hydrogens is 402 g/mol. The highest BCUT2D eigenvalue weighted by molar-refractivity contribution is 7.90. The smallest absolute Gasteiger partial charge is 0.325 e. The topological polar surface area (TPSA) is 136 Å². The Morgan fingerprint density at radius 2 is 2.07 bits per heavy atom. The van der Waals surface area contributed by atoms with Gasteiger partial charge in [-0.3, -0.25) is 19.7 Å². The highest BCUT2D eigenvalue weighted by Crippen LogP contribution is 2.27. The maximum absolute atomic E-state index is 12.3. The van der Waals surface area contributed by atoms with Crippen molar-refractivity contribution < 1.29 is 27.7 Å². The third-order valence-corrected chi connectivity index (χ3v) is 5.47. The number of hydrogen-bond acceptors (Lipinski definition) is 8. The van der Waals surface area contributed by atoms with Gasteiger partial charge in [0, 0.05) is 24.6 Å². The standard InChI is InChI=1S/C18H23N3O7S/c1-3-20(13-6-4-5-7-13)17(22)12-28-18(23)11-19-15-9-8-14(29(2,26)27)10-16(15)21(24)25/h6,8-10,19H,3-5,7,11-12H2,1-2H3. The normalized spacial score (nSPS) is 13.5. The molecule has 0 aromatic heterocycles. The number of nitro groups is 1. The van der Waals surface area contributed by atoms with Crippen molar-refractivity contribution in [3.05, 3.63) is 40.1 Å². The number of nitrogens with one attached hydrogen (secondary N) is 1. The molecule has 158 valence electrons. The summed E-state index contributed by atoms with van der Waals surface area (Å²) in [5.41, 5.74) is 0.410. The van der Waals surface area contributed by atoms with E-state index in [1.165, 1.54) is 12.1 Å². The molecule has 0 radical (unpaired) electrons. The van der Waals surface area contributed by atoms with Gasteiger partial charge in [-0.25, -0.2) is 8.42 Å². The van der Waals surface area contributed by atoms with Crippen LogP contribution in [0.3, 0.4) is 0 Å².